The molecule has 7 nitrogen and oxygen atoms in total. The van der Waals surface area contributed by atoms with E-state index >= 15 is 0 Å². The van der Waals surface area contributed by atoms with Gasteiger partial charge in [0.1, 0.15) is 5.75 Å². The summed E-state index contributed by atoms with van der Waals surface area (Å²) in [5.74, 6) is 1.09. The minimum absolute atomic E-state index is 0.0548. The Morgan fingerprint density at radius 3 is 2.62 bits per heavy atom. The van der Waals surface area contributed by atoms with E-state index < -0.39 is 0 Å². The molecule has 138 valence electrons. The summed E-state index contributed by atoms with van der Waals surface area (Å²) in [5, 5.41) is 1.67. The molecule has 26 heavy (non-hydrogen) atoms. The summed E-state index contributed by atoms with van der Waals surface area (Å²) in [6, 6.07) is 9.25. The van der Waals surface area contributed by atoms with Crippen LogP contribution in [0.3, 0.4) is 0 Å². The quantitative estimate of drug-likeness (QED) is 0.838. The van der Waals surface area contributed by atoms with Crippen LogP contribution in [0.4, 0.5) is 5.95 Å². The van der Waals surface area contributed by atoms with Crippen LogP contribution in [-0.2, 0) is 4.84 Å². The Hall–Kier alpha value is -2.67. The topological polar surface area (TPSA) is 67.8 Å². The number of aryl methyl sites for hydroxylation is 2. The number of hydrogen-bond donors (Lipinski definition) is 0. The Morgan fingerprint density at radius 2 is 1.88 bits per heavy atom. The minimum atomic E-state index is -0.0548. The smallest absolute Gasteiger partial charge is 0.257 e. The van der Waals surface area contributed by atoms with Crippen molar-refractivity contribution in [2.75, 3.05) is 37.9 Å². The molecule has 3 rings (SSSR count). The number of aromatic nitrogens is 2. The summed E-state index contributed by atoms with van der Waals surface area (Å²) in [6.45, 7) is 8.20. The molecule has 2 aromatic rings. The van der Waals surface area contributed by atoms with E-state index in [1.54, 1.807) is 16.0 Å². The van der Waals surface area contributed by atoms with Gasteiger partial charge in [0.2, 0.25) is 5.95 Å². The van der Waals surface area contributed by atoms with Crippen molar-refractivity contribution in [3.63, 3.8) is 0 Å². The third kappa shape index (κ3) is 4.11. The molecular weight excluding hydrogens is 332 g/mol. The van der Waals surface area contributed by atoms with Gasteiger partial charge in [0.25, 0.3) is 5.91 Å². The van der Waals surface area contributed by atoms with Crippen molar-refractivity contribution in [3.8, 4) is 5.75 Å². The average molecular weight is 356 g/mol. The molecule has 1 aliphatic rings. The standard InChI is InChI=1S/C19H24N4O3/c1-4-25-17-8-6-5-7-16(17)18(24)22-9-10-23(26-12-11-22)19-20-14(2)13-15(3)21-19/h5-8,13H,4,9-12H2,1-3H3. The number of amides is 1. The molecule has 1 aliphatic heterocycles. The lowest BCUT2D eigenvalue weighted by atomic mass is 10.1. The molecule has 0 radical (unpaired) electrons. The number of hydroxylamine groups is 1. The molecule has 1 amide bonds. The highest BCUT2D eigenvalue weighted by atomic mass is 16.7. The molecule has 0 atom stereocenters. The van der Waals surface area contributed by atoms with Crippen molar-refractivity contribution < 1.29 is 14.4 Å². The van der Waals surface area contributed by atoms with Crippen molar-refractivity contribution in [2.24, 2.45) is 0 Å². The Bertz CT molecular complexity index is 761. The molecule has 7 heteroatoms. The van der Waals surface area contributed by atoms with Gasteiger partial charge in [-0.25, -0.2) is 15.0 Å². The van der Waals surface area contributed by atoms with Crippen molar-refractivity contribution in [1.82, 2.24) is 14.9 Å². The maximum atomic E-state index is 12.9. The summed E-state index contributed by atoms with van der Waals surface area (Å²) in [4.78, 5) is 29.4. The zero-order valence-electron chi connectivity index (χ0n) is 15.4. The van der Waals surface area contributed by atoms with Gasteiger partial charge in [0, 0.05) is 24.5 Å². The van der Waals surface area contributed by atoms with Crippen LogP contribution in [0, 0.1) is 13.8 Å². The van der Waals surface area contributed by atoms with E-state index in [0.29, 0.717) is 50.1 Å². The van der Waals surface area contributed by atoms with Crippen LogP contribution < -0.4 is 9.80 Å². The van der Waals surface area contributed by atoms with E-state index in [0.717, 1.165) is 11.4 Å². The van der Waals surface area contributed by atoms with Gasteiger partial charge in [-0.2, -0.15) is 0 Å². The van der Waals surface area contributed by atoms with E-state index in [2.05, 4.69) is 9.97 Å². The second-order valence-corrected chi connectivity index (χ2v) is 6.11. The highest BCUT2D eigenvalue weighted by molar-refractivity contribution is 5.97. The van der Waals surface area contributed by atoms with Gasteiger partial charge in [-0.1, -0.05) is 12.1 Å². The molecule has 0 unspecified atom stereocenters. The first-order valence-electron chi connectivity index (χ1n) is 8.82. The molecule has 0 aliphatic carbocycles. The maximum Gasteiger partial charge on any atom is 0.257 e. The molecule has 1 saturated heterocycles. The molecule has 0 N–H and O–H groups in total. The van der Waals surface area contributed by atoms with Gasteiger partial charge < -0.3 is 9.64 Å². The van der Waals surface area contributed by atoms with Crippen LogP contribution in [0.15, 0.2) is 30.3 Å². The van der Waals surface area contributed by atoms with E-state index in [4.69, 9.17) is 9.57 Å². The Balaban J connectivity index is 1.73. The monoisotopic (exact) mass is 356 g/mol. The Kier molecular flexibility index (Phi) is 5.68. The summed E-state index contributed by atoms with van der Waals surface area (Å²) in [7, 11) is 0. The van der Waals surface area contributed by atoms with Crippen molar-refractivity contribution in [1.29, 1.82) is 0 Å². The molecule has 0 spiro atoms. The highest BCUT2D eigenvalue weighted by Gasteiger charge is 2.24. The Morgan fingerprint density at radius 1 is 1.15 bits per heavy atom. The molecule has 1 fully saturated rings. The first-order chi connectivity index (χ1) is 12.6. The highest BCUT2D eigenvalue weighted by Crippen LogP contribution is 2.21. The fraction of sp³-hybridized carbons (Fsp3) is 0.421. The van der Waals surface area contributed by atoms with Crippen LogP contribution in [0.25, 0.3) is 0 Å². The molecule has 2 heterocycles. The summed E-state index contributed by atoms with van der Waals surface area (Å²) >= 11 is 0. The number of hydrogen-bond acceptors (Lipinski definition) is 6. The average Bonchev–Trinajstić information content (AvgIpc) is 2.87. The lowest BCUT2D eigenvalue weighted by Crippen LogP contribution is -2.36. The second kappa shape index (κ2) is 8.14. The predicted octanol–water partition coefficient (Wildman–Crippen LogP) is 2.39. The van der Waals surface area contributed by atoms with Crippen LogP contribution in [-0.4, -0.2) is 53.6 Å². The normalized spacial score (nSPS) is 14.9. The molecule has 0 saturated carbocycles. The van der Waals surface area contributed by atoms with Crippen LogP contribution in [0.2, 0.25) is 0 Å². The fourth-order valence-electron chi connectivity index (χ4n) is 2.92. The first-order valence-corrected chi connectivity index (χ1v) is 8.82. The fourth-order valence-corrected chi connectivity index (χ4v) is 2.92. The second-order valence-electron chi connectivity index (χ2n) is 6.11. The number of carbonyl (C=O) groups is 1. The van der Waals surface area contributed by atoms with Gasteiger partial charge in [-0.3, -0.25) is 9.63 Å². The third-order valence-electron chi connectivity index (χ3n) is 4.08. The largest absolute Gasteiger partial charge is 0.493 e. The SMILES string of the molecule is CCOc1ccccc1C(=O)N1CCON(c2nc(C)cc(C)n2)CC1. The minimum Gasteiger partial charge on any atom is -0.493 e. The molecular formula is C19H24N4O3. The number of benzene rings is 1. The van der Waals surface area contributed by atoms with Gasteiger partial charge in [-0.05, 0) is 39.0 Å². The number of ether oxygens (including phenoxy) is 1. The van der Waals surface area contributed by atoms with E-state index in [1.165, 1.54) is 0 Å². The summed E-state index contributed by atoms with van der Waals surface area (Å²) in [5.41, 5.74) is 2.35. The van der Waals surface area contributed by atoms with E-state index in [1.807, 2.05) is 45.0 Å². The lowest BCUT2D eigenvalue weighted by Gasteiger charge is -2.21. The van der Waals surface area contributed by atoms with E-state index in [9.17, 15) is 4.79 Å². The molecule has 1 aromatic carbocycles. The zero-order valence-corrected chi connectivity index (χ0v) is 15.4. The van der Waals surface area contributed by atoms with Crippen molar-refractivity contribution in [3.05, 3.63) is 47.3 Å². The van der Waals surface area contributed by atoms with Crippen LogP contribution >= 0.6 is 0 Å². The molecule has 0 bridgehead atoms. The third-order valence-corrected chi connectivity index (χ3v) is 4.08. The van der Waals surface area contributed by atoms with Crippen LogP contribution in [0.5, 0.6) is 5.75 Å². The number of nitrogens with zero attached hydrogens (tertiary/aromatic N) is 4. The number of anilines is 1. The van der Waals surface area contributed by atoms with E-state index in [-0.39, 0.29) is 5.91 Å². The number of carbonyl (C=O) groups excluding carboxylic acids is 1. The number of rotatable bonds is 4. The molecule has 1 aromatic heterocycles. The van der Waals surface area contributed by atoms with Gasteiger partial charge in [0.05, 0.1) is 25.3 Å². The van der Waals surface area contributed by atoms with Gasteiger partial charge in [0.15, 0.2) is 0 Å². The predicted molar refractivity (Wildman–Crippen MR) is 98.3 cm³/mol. The maximum absolute atomic E-state index is 12.9. The zero-order chi connectivity index (χ0) is 18.5. The first kappa shape index (κ1) is 18.1. The van der Waals surface area contributed by atoms with Crippen LogP contribution in [0.1, 0.15) is 28.7 Å². The van der Waals surface area contributed by atoms with Crippen molar-refractivity contribution in [2.45, 2.75) is 20.8 Å². The Labute approximate surface area is 153 Å². The van der Waals surface area contributed by atoms with Crippen molar-refractivity contribution >= 4 is 11.9 Å². The number of para-hydroxylation sites is 1. The summed E-state index contributed by atoms with van der Waals surface area (Å²) in [6.07, 6.45) is 0. The lowest BCUT2D eigenvalue weighted by molar-refractivity contribution is 0.0725. The van der Waals surface area contributed by atoms with Gasteiger partial charge >= 0.3 is 0 Å². The summed E-state index contributed by atoms with van der Waals surface area (Å²) < 4.78 is 5.59. The van der Waals surface area contributed by atoms with Gasteiger partial charge in [-0.15, -0.1) is 0 Å².